The maximum atomic E-state index is 5.66. The van der Waals surface area contributed by atoms with Gasteiger partial charge in [0.2, 0.25) is 0 Å². The summed E-state index contributed by atoms with van der Waals surface area (Å²) in [5.74, 6) is 1.65. The predicted molar refractivity (Wildman–Crippen MR) is 120 cm³/mol. The summed E-state index contributed by atoms with van der Waals surface area (Å²) in [4.78, 5) is 6.80. The second kappa shape index (κ2) is 11.0. The summed E-state index contributed by atoms with van der Waals surface area (Å²) in [6.45, 7) is 6.96. The SMILES string of the molecule is CN=C(NCCOCC1CC1)NC(C)c1cccc(N2CCCC2)c1.I. The van der Waals surface area contributed by atoms with Gasteiger partial charge in [-0.3, -0.25) is 4.99 Å². The number of anilines is 1. The van der Waals surface area contributed by atoms with Crippen LogP contribution in [0.1, 0.15) is 44.2 Å². The standard InChI is InChI=1S/C20H32N4O.HI/c1-16(18-6-5-7-19(14-18)24-11-3-4-12-24)23-20(21-2)22-10-13-25-15-17-8-9-17;/h5-7,14,16-17H,3-4,8-13,15H2,1-2H3,(H2,21,22,23);1H. The molecule has 2 fully saturated rings. The van der Waals surface area contributed by atoms with Crippen LogP contribution in [-0.4, -0.2) is 45.9 Å². The molecule has 1 aliphatic heterocycles. The van der Waals surface area contributed by atoms with Crippen molar-refractivity contribution in [2.24, 2.45) is 10.9 Å². The minimum atomic E-state index is 0. The number of hydrogen-bond acceptors (Lipinski definition) is 3. The van der Waals surface area contributed by atoms with Crippen LogP contribution in [0.3, 0.4) is 0 Å². The zero-order valence-electron chi connectivity index (χ0n) is 16.0. The molecule has 0 bridgehead atoms. The fraction of sp³-hybridized carbons (Fsp3) is 0.650. The highest BCUT2D eigenvalue weighted by atomic mass is 127. The molecule has 1 aromatic rings. The number of rotatable bonds is 8. The maximum Gasteiger partial charge on any atom is 0.191 e. The number of guanidine groups is 1. The van der Waals surface area contributed by atoms with E-state index in [1.807, 2.05) is 7.05 Å². The van der Waals surface area contributed by atoms with Gasteiger partial charge in [-0.2, -0.15) is 0 Å². The van der Waals surface area contributed by atoms with Crippen LogP contribution in [-0.2, 0) is 4.74 Å². The average molecular weight is 472 g/mol. The minimum Gasteiger partial charge on any atom is -0.379 e. The van der Waals surface area contributed by atoms with Crippen LogP contribution < -0.4 is 15.5 Å². The molecule has 6 heteroatoms. The Balaban J connectivity index is 0.00000243. The van der Waals surface area contributed by atoms with Gasteiger partial charge in [-0.1, -0.05) is 12.1 Å². The molecule has 0 radical (unpaired) electrons. The van der Waals surface area contributed by atoms with Crippen LogP contribution in [0.2, 0.25) is 0 Å². The maximum absolute atomic E-state index is 5.66. The third-order valence-electron chi connectivity index (χ3n) is 5.01. The first kappa shape index (κ1) is 21.3. The number of aliphatic imine (C=N–C) groups is 1. The minimum absolute atomic E-state index is 0. The van der Waals surface area contributed by atoms with E-state index >= 15 is 0 Å². The lowest BCUT2D eigenvalue weighted by Gasteiger charge is -2.22. The Morgan fingerprint density at radius 1 is 1.31 bits per heavy atom. The molecular weight excluding hydrogens is 439 g/mol. The summed E-state index contributed by atoms with van der Waals surface area (Å²) in [7, 11) is 1.81. The summed E-state index contributed by atoms with van der Waals surface area (Å²) >= 11 is 0. The van der Waals surface area contributed by atoms with Crippen molar-refractivity contribution in [2.45, 2.75) is 38.6 Å². The van der Waals surface area contributed by atoms with Crippen molar-refractivity contribution < 1.29 is 4.74 Å². The molecule has 1 saturated heterocycles. The Morgan fingerprint density at radius 2 is 2.08 bits per heavy atom. The van der Waals surface area contributed by atoms with Crippen molar-refractivity contribution in [1.82, 2.24) is 10.6 Å². The lowest BCUT2D eigenvalue weighted by Crippen LogP contribution is -2.40. The summed E-state index contributed by atoms with van der Waals surface area (Å²) in [5, 5.41) is 6.81. The Hall–Kier alpha value is -1.02. The smallest absolute Gasteiger partial charge is 0.191 e. The molecule has 2 aliphatic rings. The normalized spacial score (nSPS) is 18.4. The van der Waals surface area contributed by atoms with E-state index in [9.17, 15) is 0 Å². The molecular formula is C20H33IN4O. The van der Waals surface area contributed by atoms with Gasteiger partial charge in [0.15, 0.2) is 5.96 Å². The molecule has 1 atom stereocenters. The van der Waals surface area contributed by atoms with Crippen LogP contribution in [0.4, 0.5) is 5.69 Å². The van der Waals surface area contributed by atoms with Gasteiger partial charge in [-0.15, -0.1) is 24.0 Å². The number of nitrogens with zero attached hydrogens (tertiary/aromatic N) is 2. The van der Waals surface area contributed by atoms with E-state index < -0.39 is 0 Å². The van der Waals surface area contributed by atoms with Gasteiger partial charge in [0.25, 0.3) is 0 Å². The van der Waals surface area contributed by atoms with Gasteiger partial charge in [0.05, 0.1) is 12.6 Å². The molecule has 0 spiro atoms. The first-order valence-corrected chi connectivity index (χ1v) is 9.66. The molecule has 0 amide bonds. The van der Waals surface area contributed by atoms with Crippen molar-refractivity contribution in [3.63, 3.8) is 0 Å². The highest BCUT2D eigenvalue weighted by Crippen LogP contribution is 2.28. The van der Waals surface area contributed by atoms with Crippen molar-refractivity contribution in [3.8, 4) is 0 Å². The lowest BCUT2D eigenvalue weighted by molar-refractivity contribution is 0.129. The summed E-state index contributed by atoms with van der Waals surface area (Å²) in [6, 6.07) is 9.06. The van der Waals surface area contributed by atoms with E-state index in [1.165, 1.54) is 50.0 Å². The van der Waals surface area contributed by atoms with Crippen LogP contribution >= 0.6 is 24.0 Å². The Bertz CT molecular complexity index is 571. The average Bonchev–Trinajstić information content (AvgIpc) is 3.30. The van der Waals surface area contributed by atoms with Gasteiger partial charge < -0.3 is 20.3 Å². The Kier molecular flexibility index (Phi) is 8.98. The first-order chi connectivity index (χ1) is 12.3. The fourth-order valence-electron chi connectivity index (χ4n) is 3.23. The first-order valence-electron chi connectivity index (χ1n) is 9.66. The molecule has 0 aromatic heterocycles. The molecule has 26 heavy (non-hydrogen) atoms. The third kappa shape index (κ3) is 6.61. The number of ether oxygens (including phenoxy) is 1. The van der Waals surface area contributed by atoms with Gasteiger partial charge in [-0.25, -0.2) is 0 Å². The molecule has 1 unspecified atom stereocenters. The molecule has 1 saturated carbocycles. The van der Waals surface area contributed by atoms with Gasteiger partial charge >= 0.3 is 0 Å². The lowest BCUT2D eigenvalue weighted by atomic mass is 10.1. The predicted octanol–water partition coefficient (Wildman–Crippen LogP) is 3.56. The third-order valence-corrected chi connectivity index (χ3v) is 5.01. The van der Waals surface area contributed by atoms with E-state index in [0.717, 1.165) is 31.6 Å². The molecule has 1 aliphatic carbocycles. The van der Waals surface area contributed by atoms with Gasteiger partial charge in [0.1, 0.15) is 0 Å². The van der Waals surface area contributed by atoms with Crippen LogP contribution in [0.15, 0.2) is 29.3 Å². The van der Waals surface area contributed by atoms with Crippen LogP contribution in [0.5, 0.6) is 0 Å². The van der Waals surface area contributed by atoms with E-state index in [4.69, 9.17) is 4.74 Å². The topological polar surface area (TPSA) is 48.9 Å². The van der Waals surface area contributed by atoms with E-state index in [2.05, 4.69) is 51.7 Å². The van der Waals surface area contributed by atoms with Crippen LogP contribution in [0.25, 0.3) is 0 Å². The van der Waals surface area contributed by atoms with Crippen molar-refractivity contribution in [3.05, 3.63) is 29.8 Å². The van der Waals surface area contributed by atoms with E-state index in [-0.39, 0.29) is 30.0 Å². The van der Waals surface area contributed by atoms with E-state index in [0.29, 0.717) is 0 Å². The molecule has 1 heterocycles. The van der Waals surface area contributed by atoms with Crippen molar-refractivity contribution in [2.75, 3.05) is 44.8 Å². The zero-order chi connectivity index (χ0) is 17.5. The highest BCUT2D eigenvalue weighted by molar-refractivity contribution is 14.0. The number of benzene rings is 1. The molecule has 1 aromatic carbocycles. The van der Waals surface area contributed by atoms with Crippen molar-refractivity contribution >= 4 is 35.6 Å². The molecule has 146 valence electrons. The van der Waals surface area contributed by atoms with Gasteiger partial charge in [-0.05, 0) is 56.2 Å². The van der Waals surface area contributed by atoms with Gasteiger partial charge in [0, 0.05) is 39.0 Å². The number of halogens is 1. The molecule has 5 nitrogen and oxygen atoms in total. The number of hydrogen-bond donors (Lipinski definition) is 2. The highest BCUT2D eigenvalue weighted by Gasteiger charge is 2.20. The Labute approximate surface area is 175 Å². The molecule has 3 rings (SSSR count). The largest absolute Gasteiger partial charge is 0.379 e. The fourth-order valence-corrected chi connectivity index (χ4v) is 3.23. The zero-order valence-corrected chi connectivity index (χ0v) is 18.4. The monoisotopic (exact) mass is 472 g/mol. The van der Waals surface area contributed by atoms with Crippen LogP contribution in [0, 0.1) is 5.92 Å². The second-order valence-corrected chi connectivity index (χ2v) is 7.17. The summed E-state index contributed by atoms with van der Waals surface area (Å²) in [5.41, 5.74) is 2.62. The second-order valence-electron chi connectivity index (χ2n) is 7.17. The van der Waals surface area contributed by atoms with E-state index in [1.54, 1.807) is 0 Å². The Morgan fingerprint density at radius 3 is 2.77 bits per heavy atom. The van der Waals surface area contributed by atoms with Crippen molar-refractivity contribution in [1.29, 1.82) is 0 Å². The number of nitrogens with one attached hydrogen (secondary N) is 2. The quantitative estimate of drug-likeness (QED) is 0.263. The summed E-state index contributed by atoms with van der Waals surface area (Å²) in [6.07, 6.45) is 5.28. The summed E-state index contributed by atoms with van der Waals surface area (Å²) < 4.78 is 5.66. The molecule has 2 N–H and O–H groups in total.